The fraction of sp³-hybridized carbons (Fsp3) is 0.250. The minimum Gasteiger partial charge on any atom is -0.366 e. The van der Waals surface area contributed by atoms with Crippen LogP contribution in [-0.4, -0.2) is 16.5 Å². The molecule has 4 heteroatoms. The molecule has 1 aromatic heterocycles. The maximum absolute atomic E-state index is 4.39. The number of aromatic nitrogens is 2. The Balaban J connectivity index is 2.14. The first kappa shape index (κ1) is 14.1. The molecule has 1 aromatic carbocycles. The molecule has 0 amide bonds. The Morgan fingerprint density at radius 2 is 1.85 bits per heavy atom. The molecule has 0 spiro atoms. The first-order chi connectivity index (χ1) is 9.71. The summed E-state index contributed by atoms with van der Waals surface area (Å²) < 4.78 is 0. The van der Waals surface area contributed by atoms with Crippen LogP contribution in [-0.2, 0) is 6.42 Å². The number of aryl methyl sites for hydroxylation is 2. The highest BCUT2D eigenvalue weighted by atomic mass is 15.1. The smallest absolute Gasteiger partial charge is 0.136 e. The molecule has 104 valence electrons. The number of benzene rings is 1. The van der Waals surface area contributed by atoms with Gasteiger partial charge in [0.25, 0.3) is 0 Å². The Kier molecular flexibility index (Phi) is 4.71. The van der Waals surface area contributed by atoms with Gasteiger partial charge in [-0.2, -0.15) is 0 Å². The van der Waals surface area contributed by atoms with Gasteiger partial charge in [-0.05, 0) is 31.0 Å². The van der Waals surface area contributed by atoms with Gasteiger partial charge in [0.1, 0.15) is 17.5 Å². The van der Waals surface area contributed by atoms with Crippen molar-refractivity contribution in [1.29, 1.82) is 0 Å². The van der Waals surface area contributed by atoms with Crippen LogP contribution in [0, 0.1) is 6.92 Å². The van der Waals surface area contributed by atoms with Gasteiger partial charge < -0.3 is 10.6 Å². The van der Waals surface area contributed by atoms with Gasteiger partial charge in [0.15, 0.2) is 0 Å². The third kappa shape index (κ3) is 3.82. The highest BCUT2D eigenvalue weighted by Crippen LogP contribution is 2.18. The SMILES string of the molecule is C=CCNc1cc(Nc2ccc(CC)cc2)nc(C)n1. The zero-order chi connectivity index (χ0) is 14.4. The predicted octanol–water partition coefficient (Wildman–Crippen LogP) is 3.69. The van der Waals surface area contributed by atoms with E-state index in [9.17, 15) is 0 Å². The molecule has 0 bridgehead atoms. The molecule has 0 aliphatic heterocycles. The summed E-state index contributed by atoms with van der Waals surface area (Å²) in [7, 11) is 0. The van der Waals surface area contributed by atoms with Crippen molar-refractivity contribution in [2.24, 2.45) is 0 Å². The molecule has 0 fully saturated rings. The molecule has 4 nitrogen and oxygen atoms in total. The predicted molar refractivity (Wildman–Crippen MR) is 84.6 cm³/mol. The molecule has 0 saturated heterocycles. The van der Waals surface area contributed by atoms with Crippen LogP contribution >= 0.6 is 0 Å². The van der Waals surface area contributed by atoms with Crippen LogP contribution < -0.4 is 10.6 Å². The summed E-state index contributed by atoms with van der Waals surface area (Å²) in [6.07, 6.45) is 2.84. The van der Waals surface area contributed by atoms with Gasteiger partial charge in [-0.1, -0.05) is 25.1 Å². The van der Waals surface area contributed by atoms with E-state index in [0.717, 1.165) is 29.6 Å². The summed E-state index contributed by atoms with van der Waals surface area (Å²) in [5.41, 5.74) is 2.35. The molecule has 1 heterocycles. The first-order valence-electron chi connectivity index (χ1n) is 6.77. The normalized spacial score (nSPS) is 10.1. The highest BCUT2D eigenvalue weighted by molar-refractivity contribution is 5.59. The van der Waals surface area contributed by atoms with Crippen molar-refractivity contribution >= 4 is 17.3 Å². The second-order valence-corrected chi connectivity index (χ2v) is 4.53. The fourth-order valence-corrected chi connectivity index (χ4v) is 1.87. The maximum Gasteiger partial charge on any atom is 0.136 e. The van der Waals surface area contributed by atoms with Gasteiger partial charge in [-0.3, -0.25) is 0 Å². The molecule has 0 aliphatic rings. The van der Waals surface area contributed by atoms with Gasteiger partial charge in [0, 0.05) is 18.3 Å². The lowest BCUT2D eigenvalue weighted by atomic mass is 10.1. The number of hydrogen-bond donors (Lipinski definition) is 2. The Morgan fingerprint density at radius 3 is 2.50 bits per heavy atom. The molecule has 2 aromatic rings. The lowest BCUT2D eigenvalue weighted by molar-refractivity contribution is 1.05. The Labute approximate surface area is 120 Å². The first-order valence-corrected chi connectivity index (χ1v) is 6.77. The van der Waals surface area contributed by atoms with Gasteiger partial charge in [-0.15, -0.1) is 6.58 Å². The topological polar surface area (TPSA) is 49.8 Å². The number of nitrogens with zero attached hydrogens (tertiary/aromatic N) is 2. The fourth-order valence-electron chi connectivity index (χ4n) is 1.87. The zero-order valence-corrected chi connectivity index (χ0v) is 12.0. The minimum absolute atomic E-state index is 0.682. The zero-order valence-electron chi connectivity index (χ0n) is 12.0. The van der Waals surface area contributed by atoms with Crippen molar-refractivity contribution in [3.8, 4) is 0 Å². The summed E-state index contributed by atoms with van der Waals surface area (Å²) in [6, 6.07) is 10.3. The van der Waals surface area contributed by atoms with Crippen LogP contribution in [0.15, 0.2) is 43.0 Å². The molecular weight excluding hydrogens is 248 g/mol. The average molecular weight is 268 g/mol. The Hall–Kier alpha value is -2.36. The second-order valence-electron chi connectivity index (χ2n) is 4.53. The lowest BCUT2D eigenvalue weighted by Gasteiger charge is -2.09. The molecule has 20 heavy (non-hydrogen) atoms. The van der Waals surface area contributed by atoms with Crippen molar-refractivity contribution in [2.75, 3.05) is 17.2 Å². The van der Waals surface area contributed by atoms with E-state index >= 15 is 0 Å². The summed E-state index contributed by atoms with van der Waals surface area (Å²) in [6.45, 7) is 8.39. The quantitative estimate of drug-likeness (QED) is 0.784. The van der Waals surface area contributed by atoms with Gasteiger partial charge in [0.05, 0.1) is 0 Å². The third-order valence-corrected chi connectivity index (χ3v) is 2.90. The van der Waals surface area contributed by atoms with E-state index < -0.39 is 0 Å². The van der Waals surface area contributed by atoms with Crippen molar-refractivity contribution in [1.82, 2.24) is 9.97 Å². The largest absolute Gasteiger partial charge is 0.366 e. The molecule has 0 radical (unpaired) electrons. The maximum atomic E-state index is 4.39. The van der Waals surface area contributed by atoms with E-state index in [1.165, 1.54) is 5.56 Å². The number of nitrogens with one attached hydrogen (secondary N) is 2. The molecule has 0 saturated carbocycles. The van der Waals surface area contributed by atoms with Crippen LogP contribution in [0.2, 0.25) is 0 Å². The van der Waals surface area contributed by atoms with E-state index in [2.05, 4.69) is 58.4 Å². The van der Waals surface area contributed by atoms with Crippen molar-refractivity contribution in [3.63, 3.8) is 0 Å². The number of hydrogen-bond acceptors (Lipinski definition) is 4. The molecule has 0 unspecified atom stereocenters. The molecule has 0 aliphatic carbocycles. The Morgan fingerprint density at radius 1 is 1.15 bits per heavy atom. The summed E-state index contributed by atoms with van der Waals surface area (Å²) in [5, 5.41) is 6.47. The van der Waals surface area contributed by atoms with Crippen LogP contribution in [0.3, 0.4) is 0 Å². The summed E-state index contributed by atoms with van der Waals surface area (Å²) in [4.78, 5) is 8.72. The van der Waals surface area contributed by atoms with Gasteiger partial charge in [-0.25, -0.2) is 9.97 Å². The van der Waals surface area contributed by atoms with E-state index in [-0.39, 0.29) is 0 Å². The number of rotatable bonds is 6. The monoisotopic (exact) mass is 268 g/mol. The van der Waals surface area contributed by atoms with Crippen molar-refractivity contribution in [2.45, 2.75) is 20.3 Å². The molecule has 2 rings (SSSR count). The van der Waals surface area contributed by atoms with Gasteiger partial charge in [0.2, 0.25) is 0 Å². The standard InChI is InChI=1S/C16H20N4/c1-4-10-17-15-11-16(19-12(3)18-15)20-14-8-6-13(5-2)7-9-14/h4,6-9,11H,1,5,10H2,2-3H3,(H2,17,18,19,20). The third-order valence-electron chi connectivity index (χ3n) is 2.90. The average Bonchev–Trinajstić information content (AvgIpc) is 2.45. The molecule has 2 N–H and O–H groups in total. The van der Waals surface area contributed by atoms with Crippen LogP contribution in [0.25, 0.3) is 0 Å². The van der Waals surface area contributed by atoms with E-state index in [1.54, 1.807) is 6.08 Å². The van der Waals surface area contributed by atoms with E-state index in [0.29, 0.717) is 6.54 Å². The highest BCUT2D eigenvalue weighted by Gasteiger charge is 2.02. The minimum atomic E-state index is 0.682. The van der Waals surface area contributed by atoms with Crippen LogP contribution in [0.5, 0.6) is 0 Å². The summed E-state index contributed by atoms with van der Waals surface area (Å²) >= 11 is 0. The lowest BCUT2D eigenvalue weighted by Crippen LogP contribution is -2.04. The second kappa shape index (κ2) is 6.70. The Bertz CT molecular complexity index is 576. The van der Waals surface area contributed by atoms with Crippen LogP contribution in [0.4, 0.5) is 17.3 Å². The summed E-state index contributed by atoms with van der Waals surface area (Å²) in [5.74, 6) is 2.31. The van der Waals surface area contributed by atoms with Crippen molar-refractivity contribution < 1.29 is 0 Å². The molecular formula is C16H20N4. The van der Waals surface area contributed by atoms with Crippen LogP contribution in [0.1, 0.15) is 18.3 Å². The van der Waals surface area contributed by atoms with Gasteiger partial charge >= 0.3 is 0 Å². The van der Waals surface area contributed by atoms with Crippen molar-refractivity contribution in [3.05, 3.63) is 54.4 Å². The molecule has 0 atom stereocenters. The van der Waals surface area contributed by atoms with E-state index in [4.69, 9.17) is 0 Å². The van der Waals surface area contributed by atoms with E-state index in [1.807, 2.05) is 13.0 Å². The number of anilines is 3.